The van der Waals surface area contributed by atoms with E-state index >= 15 is 0 Å². The molecule has 1 aromatic carbocycles. The van der Waals surface area contributed by atoms with Crippen molar-refractivity contribution in [3.05, 3.63) is 28.7 Å². The van der Waals surface area contributed by atoms with Gasteiger partial charge in [0.25, 0.3) is 5.91 Å². The Morgan fingerprint density at radius 1 is 1.47 bits per heavy atom. The zero-order valence-corrected chi connectivity index (χ0v) is 10.9. The highest BCUT2D eigenvalue weighted by Crippen LogP contribution is 2.17. The van der Waals surface area contributed by atoms with E-state index in [0.29, 0.717) is 11.2 Å². The van der Waals surface area contributed by atoms with Crippen molar-refractivity contribution in [3.63, 3.8) is 0 Å². The van der Waals surface area contributed by atoms with Gasteiger partial charge in [0.15, 0.2) is 5.58 Å². The van der Waals surface area contributed by atoms with Crippen LogP contribution in [0.5, 0.6) is 0 Å². The maximum atomic E-state index is 12.3. The number of oxazole rings is 1. The number of benzene rings is 1. The van der Waals surface area contributed by atoms with E-state index in [0.717, 1.165) is 11.0 Å². The van der Waals surface area contributed by atoms with E-state index in [4.69, 9.17) is 15.9 Å². The maximum Gasteiger partial charge on any atom is 0.426 e. The van der Waals surface area contributed by atoms with Crippen LogP contribution in [0.15, 0.2) is 27.4 Å². The highest BCUT2D eigenvalue weighted by atomic mass is 16.4. The SMILES string of the molecule is CC[C@H](C)[C@H](N)C(=O)n1c(=O)oc2cc(N)ccc21. The van der Waals surface area contributed by atoms with E-state index in [1.165, 1.54) is 6.07 Å². The Morgan fingerprint density at radius 2 is 2.16 bits per heavy atom. The molecule has 2 rings (SSSR count). The van der Waals surface area contributed by atoms with Crippen molar-refractivity contribution in [2.24, 2.45) is 11.7 Å². The van der Waals surface area contributed by atoms with Gasteiger partial charge in [0.2, 0.25) is 0 Å². The van der Waals surface area contributed by atoms with E-state index in [1.54, 1.807) is 12.1 Å². The third-order valence-electron chi connectivity index (χ3n) is 3.37. The van der Waals surface area contributed by atoms with Crippen molar-refractivity contribution in [1.29, 1.82) is 0 Å². The van der Waals surface area contributed by atoms with E-state index in [-0.39, 0.29) is 11.5 Å². The molecule has 19 heavy (non-hydrogen) atoms. The van der Waals surface area contributed by atoms with Gasteiger partial charge in [-0.3, -0.25) is 4.79 Å². The monoisotopic (exact) mass is 263 g/mol. The predicted molar refractivity (Wildman–Crippen MR) is 72.9 cm³/mol. The van der Waals surface area contributed by atoms with Crippen molar-refractivity contribution >= 4 is 22.7 Å². The van der Waals surface area contributed by atoms with Crippen LogP contribution in [0.1, 0.15) is 25.1 Å². The van der Waals surface area contributed by atoms with Gasteiger partial charge < -0.3 is 15.9 Å². The van der Waals surface area contributed by atoms with Crippen molar-refractivity contribution < 1.29 is 9.21 Å². The maximum absolute atomic E-state index is 12.3. The smallest absolute Gasteiger partial charge is 0.407 e. The van der Waals surface area contributed by atoms with Gasteiger partial charge in [-0.15, -0.1) is 0 Å². The first-order valence-corrected chi connectivity index (χ1v) is 6.16. The number of hydrogen-bond acceptors (Lipinski definition) is 5. The summed E-state index contributed by atoms with van der Waals surface area (Å²) in [5, 5.41) is 0. The first-order chi connectivity index (χ1) is 8.95. The lowest BCUT2D eigenvalue weighted by Crippen LogP contribution is -2.42. The molecule has 0 saturated heterocycles. The molecule has 102 valence electrons. The van der Waals surface area contributed by atoms with Crippen molar-refractivity contribution in [1.82, 2.24) is 4.57 Å². The number of hydrogen-bond donors (Lipinski definition) is 2. The number of carbonyl (C=O) groups excluding carboxylic acids is 1. The normalized spacial score (nSPS) is 14.5. The van der Waals surface area contributed by atoms with Crippen LogP contribution in [0.25, 0.3) is 11.1 Å². The molecule has 0 unspecified atom stereocenters. The van der Waals surface area contributed by atoms with Gasteiger partial charge in [-0.2, -0.15) is 0 Å². The van der Waals surface area contributed by atoms with E-state index < -0.39 is 17.7 Å². The van der Waals surface area contributed by atoms with Crippen LogP contribution >= 0.6 is 0 Å². The molecule has 4 N–H and O–H groups in total. The molecule has 0 spiro atoms. The summed E-state index contributed by atoms with van der Waals surface area (Å²) in [6.07, 6.45) is 0.754. The molecular formula is C13H17N3O3. The Kier molecular flexibility index (Phi) is 3.44. The highest BCUT2D eigenvalue weighted by Gasteiger charge is 2.25. The lowest BCUT2D eigenvalue weighted by Gasteiger charge is -2.16. The fourth-order valence-corrected chi connectivity index (χ4v) is 1.89. The molecule has 0 amide bonds. The fourth-order valence-electron chi connectivity index (χ4n) is 1.89. The van der Waals surface area contributed by atoms with Crippen LogP contribution in [0.3, 0.4) is 0 Å². The number of rotatable bonds is 3. The topological polar surface area (TPSA) is 104 Å². The van der Waals surface area contributed by atoms with Gasteiger partial charge in [0.1, 0.15) is 0 Å². The van der Waals surface area contributed by atoms with Crippen LogP contribution in [-0.2, 0) is 0 Å². The number of fused-ring (bicyclic) bond motifs is 1. The first kappa shape index (κ1) is 13.4. The minimum absolute atomic E-state index is 0.0156. The standard InChI is InChI=1S/C13H17N3O3/c1-3-7(2)11(15)12(17)16-9-5-4-8(14)6-10(9)19-13(16)18/h4-7,11H,3,14-15H2,1-2H3/t7-,11-/m0/s1. The summed E-state index contributed by atoms with van der Waals surface area (Å²) in [7, 11) is 0. The van der Waals surface area contributed by atoms with Crippen molar-refractivity contribution in [3.8, 4) is 0 Å². The molecule has 1 heterocycles. The van der Waals surface area contributed by atoms with E-state index in [2.05, 4.69) is 0 Å². The summed E-state index contributed by atoms with van der Waals surface area (Å²) in [6, 6.07) is 3.96. The van der Waals surface area contributed by atoms with Gasteiger partial charge in [-0.25, -0.2) is 9.36 Å². The molecule has 0 bridgehead atoms. The number of nitrogens with two attached hydrogens (primary N) is 2. The molecule has 0 saturated carbocycles. The van der Waals surface area contributed by atoms with E-state index in [9.17, 15) is 9.59 Å². The van der Waals surface area contributed by atoms with Gasteiger partial charge in [-0.05, 0) is 18.1 Å². The Bertz CT molecular complexity index is 671. The molecule has 2 atom stereocenters. The second-order valence-corrected chi connectivity index (χ2v) is 4.68. The summed E-state index contributed by atoms with van der Waals surface area (Å²) in [4.78, 5) is 24.1. The summed E-state index contributed by atoms with van der Waals surface area (Å²) in [5.74, 6) is -1.20. The number of aromatic nitrogens is 1. The highest BCUT2D eigenvalue weighted by molar-refractivity contribution is 5.93. The zero-order chi connectivity index (χ0) is 14.2. The molecule has 0 radical (unpaired) electrons. The largest absolute Gasteiger partial charge is 0.426 e. The molecule has 0 aliphatic rings. The number of anilines is 1. The minimum atomic E-state index is -0.735. The molecule has 0 aliphatic carbocycles. The molecule has 1 aromatic heterocycles. The van der Waals surface area contributed by atoms with Gasteiger partial charge in [-0.1, -0.05) is 20.3 Å². The Morgan fingerprint density at radius 3 is 2.79 bits per heavy atom. The van der Waals surface area contributed by atoms with E-state index in [1.807, 2.05) is 13.8 Å². The minimum Gasteiger partial charge on any atom is -0.407 e. The van der Waals surface area contributed by atoms with Crippen molar-refractivity contribution in [2.75, 3.05) is 5.73 Å². The zero-order valence-electron chi connectivity index (χ0n) is 10.9. The Hall–Kier alpha value is -2.08. The molecule has 2 aromatic rings. The third kappa shape index (κ3) is 2.26. The predicted octanol–water partition coefficient (Wildman–Crippen LogP) is 1.19. The lowest BCUT2D eigenvalue weighted by atomic mass is 9.99. The number of carbonyl (C=O) groups is 1. The van der Waals surface area contributed by atoms with Gasteiger partial charge >= 0.3 is 5.76 Å². The molecular weight excluding hydrogens is 246 g/mol. The van der Waals surface area contributed by atoms with Crippen LogP contribution in [-0.4, -0.2) is 16.5 Å². The first-order valence-electron chi connectivity index (χ1n) is 6.16. The van der Waals surface area contributed by atoms with Crippen LogP contribution in [0, 0.1) is 5.92 Å². The summed E-state index contributed by atoms with van der Waals surface area (Å²) >= 11 is 0. The summed E-state index contributed by atoms with van der Waals surface area (Å²) in [5.41, 5.74) is 12.6. The number of nitrogens with zero attached hydrogens (tertiary/aromatic N) is 1. The van der Waals surface area contributed by atoms with Gasteiger partial charge in [0.05, 0.1) is 11.6 Å². The summed E-state index contributed by atoms with van der Waals surface area (Å²) in [6.45, 7) is 3.81. The van der Waals surface area contributed by atoms with Gasteiger partial charge in [0, 0.05) is 11.8 Å². The van der Waals surface area contributed by atoms with Crippen LogP contribution < -0.4 is 17.2 Å². The number of nitrogen functional groups attached to an aromatic ring is 1. The molecule has 6 nitrogen and oxygen atoms in total. The third-order valence-corrected chi connectivity index (χ3v) is 3.37. The molecule has 0 aliphatic heterocycles. The lowest BCUT2D eigenvalue weighted by molar-refractivity contribution is 0.0847. The Balaban J connectivity index is 2.54. The molecule has 6 heteroatoms. The molecule has 0 fully saturated rings. The quantitative estimate of drug-likeness (QED) is 0.809. The van der Waals surface area contributed by atoms with Crippen molar-refractivity contribution in [2.45, 2.75) is 26.3 Å². The average molecular weight is 263 g/mol. The average Bonchev–Trinajstić information content (AvgIpc) is 2.71. The second kappa shape index (κ2) is 4.89. The van der Waals surface area contributed by atoms with Crippen LogP contribution in [0.2, 0.25) is 0 Å². The summed E-state index contributed by atoms with van der Waals surface area (Å²) < 4.78 is 5.99. The Labute approximate surface area is 110 Å². The van der Waals surface area contributed by atoms with Crippen LogP contribution in [0.4, 0.5) is 5.69 Å². The fraction of sp³-hybridized carbons (Fsp3) is 0.385. The second-order valence-electron chi connectivity index (χ2n) is 4.68.